The first-order chi connectivity index (χ1) is 11.4. The Kier molecular flexibility index (Phi) is 3.90. The number of aromatic carboxylic acids is 1. The van der Waals surface area contributed by atoms with E-state index in [-0.39, 0.29) is 21.7 Å². The van der Waals surface area contributed by atoms with Gasteiger partial charge in [-0.1, -0.05) is 18.2 Å². The minimum absolute atomic E-state index is 0.0332. The van der Waals surface area contributed by atoms with E-state index in [2.05, 4.69) is 14.7 Å². The van der Waals surface area contributed by atoms with Crippen molar-refractivity contribution in [2.45, 2.75) is 11.8 Å². The number of carboxylic acids is 1. The summed E-state index contributed by atoms with van der Waals surface area (Å²) in [5.74, 6) is -1.21. The third-order valence-corrected chi connectivity index (χ3v) is 4.87. The maximum absolute atomic E-state index is 12.8. The number of carboxylic acid groups (broad SMARTS) is 1. The summed E-state index contributed by atoms with van der Waals surface area (Å²) in [6.45, 7) is 1.63. The van der Waals surface area contributed by atoms with Crippen molar-refractivity contribution in [1.82, 2.24) is 9.97 Å². The summed E-state index contributed by atoms with van der Waals surface area (Å²) in [6, 6.07) is 9.14. The molecule has 0 aliphatic carbocycles. The van der Waals surface area contributed by atoms with E-state index in [1.165, 1.54) is 24.5 Å². The number of anilines is 1. The van der Waals surface area contributed by atoms with Crippen molar-refractivity contribution in [2.24, 2.45) is 0 Å². The Hall–Kier alpha value is -3.00. The number of para-hydroxylation sites is 2. The predicted molar refractivity (Wildman–Crippen MR) is 88.5 cm³/mol. The average Bonchev–Trinajstić information content (AvgIpc) is 2.55. The summed E-state index contributed by atoms with van der Waals surface area (Å²) in [4.78, 5) is 19.4. The van der Waals surface area contributed by atoms with Crippen LogP contribution in [0.3, 0.4) is 0 Å². The molecule has 0 aliphatic rings. The molecule has 1 heterocycles. The molecule has 2 N–H and O–H groups in total. The number of benzene rings is 2. The van der Waals surface area contributed by atoms with Crippen molar-refractivity contribution in [3.63, 3.8) is 0 Å². The van der Waals surface area contributed by atoms with Crippen LogP contribution < -0.4 is 4.72 Å². The molecule has 0 amide bonds. The lowest BCUT2D eigenvalue weighted by Gasteiger charge is -2.14. The molecule has 8 heteroatoms. The summed E-state index contributed by atoms with van der Waals surface area (Å²) in [6.07, 6.45) is 2.87. The molecular formula is C16H13N3O4S. The third kappa shape index (κ3) is 2.79. The Morgan fingerprint density at radius 3 is 2.54 bits per heavy atom. The Balaban J connectivity index is 2.15. The zero-order valence-corrected chi connectivity index (χ0v) is 13.4. The molecule has 0 fully saturated rings. The van der Waals surface area contributed by atoms with Crippen LogP contribution in [-0.2, 0) is 10.0 Å². The number of nitrogens with zero attached hydrogens (tertiary/aromatic N) is 2. The molecule has 2 aromatic carbocycles. The Labute approximate surface area is 138 Å². The maximum atomic E-state index is 12.8. The number of nitrogens with one attached hydrogen (secondary N) is 1. The van der Waals surface area contributed by atoms with Crippen LogP contribution in [0.1, 0.15) is 15.9 Å². The number of sulfonamides is 1. The van der Waals surface area contributed by atoms with Gasteiger partial charge >= 0.3 is 5.97 Å². The van der Waals surface area contributed by atoms with Crippen LogP contribution in [0.2, 0.25) is 0 Å². The number of hydrogen-bond donors (Lipinski definition) is 2. The van der Waals surface area contributed by atoms with Gasteiger partial charge in [-0.2, -0.15) is 0 Å². The van der Waals surface area contributed by atoms with Gasteiger partial charge in [0.05, 0.1) is 16.8 Å². The maximum Gasteiger partial charge on any atom is 0.337 e. The lowest BCUT2D eigenvalue weighted by molar-refractivity contribution is 0.0698. The van der Waals surface area contributed by atoms with Crippen molar-refractivity contribution in [1.29, 1.82) is 0 Å². The minimum Gasteiger partial charge on any atom is -0.478 e. The largest absolute Gasteiger partial charge is 0.478 e. The molecule has 7 nitrogen and oxygen atoms in total. The van der Waals surface area contributed by atoms with Crippen LogP contribution in [0.5, 0.6) is 0 Å². The van der Waals surface area contributed by atoms with E-state index in [4.69, 9.17) is 0 Å². The van der Waals surface area contributed by atoms with Gasteiger partial charge in [-0.05, 0) is 30.7 Å². The van der Waals surface area contributed by atoms with Gasteiger partial charge < -0.3 is 5.11 Å². The van der Waals surface area contributed by atoms with Crippen LogP contribution in [0, 0.1) is 6.92 Å². The fourth-order valence-corrected chi connectivity index (χ4v) is 3.67. The van der Waals surface area contributed by atoms with E-state index in [9.17, 15) is 18.3 Å². The predicted octanol–water partition coefficient (Wildman–Crippen LogP) is 2.44. The number of aryl methyl sites for hydroxylation is 1. The van der Waals surface area contributed by atoms with Gasteiger partial charge in [0.1, 0.15) is 10.4 Å². The number of hydrogen-bond acceptors (Lipinski definition) is 5. The standard InChI is InChI=1S/C16H13N3O4S/c1-10-4-2-5-11(16(20)21)14(10)19-24(22,23)13-7-3-6-12-15(13)18-9-8-17-12/h2-9,19H,1H3,(H,20,21). The van der Waals surface area contributed by atoms with Crippen LogP contribution in [0.4, 0.5) is 5.69 Å². The summed E-state index contributed by atoms with van der Waals surface area (Å²) >= 11 is 0. The molecule has 122 valence electrons. The molecule has 1 aromatic heterocycles. The first-order valence-electron chi connectivity index (χ1n) is 6.95. The van der Waals surface area contributed by atoms with Crippen LogP contribution in [0.15, 0.2) is 53.7 Å². The zero-order valence-electron chi connectivity index (χ0n) is 12.6. The number of fused-ring (bicyclic) bond motifs is 1. The molecule has 0 saturated carbocycles. The van der Waals surface area contributed by atoms with Crippen LogP contribution >= 0.6 is 0 Å². The second kappa shape index (κ2) is 5.89. The molecule has 0 aliphatic heterocycles. The van der Waals surface area contributed by atoms with E-state index >= 15 is 0 Å². The quantitative estimate of drug-likeness (QED) is 0.753. The van der Waals surface area contributed by atoms with Crippen LogP contribution in [-0.4, -0.2) is 29.5 Å². The van der Waals surface area contributed by atoms with Crippen molar-refractivity contribution in [3.8, 4) is 0 Å². The van der Waals surface area contributed by atoms with Gasteiger partial charge in [-0.3, -0.25) is 14.7 Å². The van der Waals surface area contributed by atoms with Crippen molar-refractivity contribution in [2.75, 3.05) is 4.72 Å². The van der Waals surface area contributed by atoms with Crippen molar-refractivity contribution in [3.05, 3.63) is 59.9 Å². The molecule has 0 atom stereocenters. The second-order valence-electron chi connectivity index (χ2n) is 5.09. The summed E-state index contributed by atoms with van der Waals surface area (Å²) in [7, 11) is -4.03. The highest BCUT2D eigenvalue weighted by Crippen LogP contribution is 2.26. The normalized spacial score (nSPS) is 11.4. The zero-order chi connectivity index (χ0) is 17.3. The van der Waals surface area contributed by atoms with E-state index in [1.807, 2.05) is 0 Å². The van der Waals surface area contributed by atoms with Crippen molar-refractivity contribution >= 4 is 32.7 Å². The monoisotopic (exact) mass is 343 g/mol. The molecule has 0 radical (unpaired) electrons. The molecule has 0 saturated heterocycles. The van der Waals surface area contributed by atoms with Gasteiger partial charge in [0.15, 0.2) is 0 Å². The highest BCUT2D eigenvalue weighted by atomic mass is 32.2. The molecule has 0 spiro atoms. The summed E-state index contributed by atoms with van der Waals surface area (Å²) < 4.78 is 27.9. The third-order valence-electron chi connectivity index (χ3n) is 3.49. The Morgan fingerprint density at radius 1 is 1.08 bits per heavy atom. The highest BCUT2D eigenvalue weighted by molar-refractivity contribution is 7.93. The van der Waals surface area contributed by atoms with Gasteiger partial charge in [-0.15, -0.1) is 0 Å². The van der Waals surface area contributed by atoms with Crippen molar-refractivity contribution < 1.29 is 18.3 Å². The highest BCUT2D eigenvalue weighted by Gasteiger charge is 2.22. The van der Waals surface area contributed by atoms with E-state index < -0.39 is 16.0 Å². The smallest absolute Gasteiger partial charge is 0.337 e. The van der Waals surface area contributed by atoms with E-state index in [1.54, 1.807) is 31.2 Å². The van der Waals surface area contributed by atoms with Gasteiger partial charge in [-0.25, -0.2) is 13.2 Å². The fourth-order valence-electron chi connectivity index (χ4n) is 2.35. The van der Waals surface area contributed by atoms with Gasteiger partial charge in [0.25, 0.3) is 10.0 Å². The molecule has 0 bridgehead atoms. The SMILES string of the molecule is Cc1cccc(C(=O)O)c1NS(=O)(=O)c1cccc2nccnc12. The molecule has 3 aromatic rings. The number of carbonyl (C=O) groups is 1. The lowest BCUT2D eigenvalue weighted by Crippen LogP contribution is -2.17. The number of rotatable bonds is 4. The molecule has 24 heavy (non-hydrogen) atoms. The van der Waals surface area contributed by atoms with Gasteiger partial charge in [0.2, 0.25) is 0 Å². The fraction of sp³-hybridized carbons (Fsp3) is 0.0625. The Morgan fingerprint density at radius 2 is 1.79 bits per heavy atom. The Bertz CT molecular complexity index is 1040. The van der Waals surface area contributed by atoms with Gasteiger partial charge in [0, 0.05) is 12.4 Å². The summed E-state index contributed by atoms with van der Waals surface area (Å²) in [5, 5.41) is 9.27. The lowest BCUT2D eigenvalue weighted by atomic mass is 10.1. The first kappa shape index (κ1) is 15.9. The topological polar surface area (TPSA) is 109 Å². The second-order valence-corrected chi connectivity index (χ2v) is 6.74. The molecule has 3 rings (SSSR count). The van der Waals surface area contributed by atoms with E-state index in [0.29, 0.717) is 11.1 Å². The minimum atomic E-state index is -4.03. The molecular weight excluding hydrogens is 330 g/mol. The van der Waals surface area contributed by atoms with Crippen LogP contribution in [0.25, 0.3) is 11.0 Å². The first-order valence-corrected chi connectivity index (χ1v) is 8.44. The number of aromatic nitrogens is 2. The summed E-state index contributed by atoms with van der Waals surface area (Å²) in [5.41, 5.74) is 1.07. The average molecular weight is 343 g/mol. The van der Waals surface area contributed by atoms with E-state index in [0.717, 1.165) is 0 Å². The molecule has 0 unspecified atom stereocenters.